The molecule has 3 heterocycles. The Balaban J connectivity index is 1.30. The van der Waals surface area contributed by atoms with E-state index in [-0.39, 0.29) is 23.7 Å². The van der Waals surface area contributed by atoms with Gasteiger partial charge in [0, 0.05) is 43.0 Å². The van der Waals surface area contributed by atoms with Crippen molar-refractivity contribution < 1.29 is 28.6 Å². The average Bonchev–Trinajstić information content (AvgIpc) is 3.36. The van der Waals surface area contributed by atoms with Gasteiger partial charge in [0.1, 0.15) is 17.7 Å². The number of ether oxygens (including phenoxy) is 1. The van der Waals surface area contributed by atoms with Crippen LogP contribution in [0.15, 0.2) is 41.2 Å². The monoisotopic (exact) mass is 491 g/mol. The van der Waals surface area contributed by atoms with E-state index in [1.54, 1.807) is 35.6 Å². The van der Waals surface area contributed by atoms with Crippen LogP contribution in [0.1, 0.15) is 48.8 Å². The molecule has 1 saturated heterocycles. The molecule has 7 nitrogen and oxygen atoms in total. The Kier molecular flexibility index (Phi) is 4.60. The molecular weight excluding hydrogens is 456 g/mol. The van der Waals surface area contributed by atoms with Gasteiger partial charge in [-0.2, -0.15) is 0 Å². The number of likely N-dealkylation sites (tertiary alicyclic amines) is 1. The van der Waals surface area contributed by atoms with Crippen LogP contribution in [0.3, 0.4) is 0 Å². The number of phenolic OH excluding ortho intramolecular Hbond substituents is 1. The van der Waals surface area contributed by atoms with E-state index in [2.05, 4.69) is 7.05 Å². The Labute approximate surface area is 211 Å². The fourth-order valence-corrected chi connectivity index (χ4v) is 8.35. The third kappa shape index (κ3) is 2.84. The van der Waals surface area contributed by atoms with Crippen LogP contribution in [0.5, 0.6) is 11.5 Å². The van der Waals surface area contributed by atoms with Crippen molar-refractivity contribution in [3.8, 4) is 11.5 Å². The Hall–Kier alpha value is -2.77. The fraction of sp³-hybridized carbons (Fsp3) is 0.552. The zero-order chi connectivity index (χ0) is 24.9. The zero-order valence-electron chi connectivity index (χ0n) is 21.0. The normalized spacial score (nSPS) is 38.0. The van der Waals surface area contributed by atoms with Crippen LogP contribution in [-0.4, -0.2) is 76.5 Å². The molecule has 1 aromatic carbocycles. The summed E-state index contributed by atoms with van der Waals surface area (Å²) in [6.07, 6.45) is 11.6. The van der Waals surface area contributed by atoms with Crippen LogP contribution in [0.4, 0.5) is 0 Å². The lowest BCUT2D eigenvalue weighted by molar-refractivity contribution is -0.950. The lowest BCUT2D eigenvalue weighted by Crippen LogP contribution is -2.82. The van der Waals surface area contributed by atoms with Gasteiger partial charge in [-0.1, -0.05) is 6.07 Å². The molecule has 7 rings (SSSR count). The summed E-state index contributed by atoms with van der Waals surface area (Å²) in [6.45, 7) is 2.10. The molecule has 2 N–H and O–H groups in total. The van der Waals surface area contributed by atoms with Crippen molar-refractivity contribution in [2.45, 2.75) is 67.7 Å². The van der Waals surface area contributed by atoms with E-state index in [0.717, 1.165) is 47.5 Å². The SMILES string of the molecule is CN(C(=O)C=Cc1ccoc1)[C@@H]1CC[C@@]2(O)[C@H]3Cc4ccc(O)c5c4[C@@]2(CC[N+]3(C)CC2CC2)[C@H]1O5. The van der Waals surface area contributed by atoms with E-state index in [4.69, 9.17) is 9.15 Å². The van der Waals surface area contributed by atoms with Crippen LogP contribution in [0, 0.1) is 5.92 Å². The Bertz CT molecular complexity index is 1250. The molecule has 36 heavy (non-hydrogen) atoms. The second kappa shape index (κ2) is 7.39. The van der Waals surface area contributed by atoms with Crippen molar-refractivity contribution in [3.05, 3.63) is 53.5 Å². The lowest BCUT2D eigenvalue weighted by Gasteiger charge is -2.66. The van der Waals surface area contributed by atoms with Gasteiger partial charge in [-0.3, -0.25) is 4.79 Å². The highest BCUT2D eigenvalue weighted by atomic mass is 16.5. The van der Waals surface area contributed by atoms with Crippen molar-refractivity contribution in [1.29, 1.82) is 0 Å². The molecule has 7 heteroatoms. The van der Waals surface area contributed by atoms with E-state index in [0.29, 0.717) is 18.6 Å². The van der Waals surface area contributed by atoms with Crippen LogP contribution >= 0.6 is 0 Å². The minimum atomic E-state index is -0.932. The van der Waals surface area contributed by atoms with Gasteiger partial charge in [-0.25, -0.2) is 0 Å². The highest BCUT2D eigenvalue weighted by molar-refractivity contribution is 5.91. The summed E-state index contributed by atoms with van der Waals surface area (Å²) >= 11 is 0. The number of phenols is 1. The number of likely N-dealkylation sites (N-methyl/N-ethyl adjacent to an activating group) is 2. The van der Waals surface area contributed by atoms with E-state index >= 15 is 0 Å². The molecule has 2 bridgehead atoms. The molecule has 190 valence electrons. The van der Waals surface area contributed by atoms with Crippen molar-refractivity contribution in [3.63, 3.8) is 0 Å². The van der Waals surface area contributed by atoms with Crippen molar-refractivity contribution >= 4 is 12.0 Å². The first-order valence-electron chi connectivity index (χ1n) is 13.3. The number of piperidine rings is 1. The molecule has 3 fully saturated rings. The Morgan fingerprint density at radius 3 is 2.83 bits per heavy atom. The summed E-state index contributed by atoms with van der Waals surface area (Å²) in [5.41, 5.74) is 1.48. The molecule has 1 unspecified atom stereocenters. The van der Waals surface area contributed by atoms with Gasteiger partial charge in [-0.15, -0.1) is 0 Å². The van der Waals surface area contributed by atoms with E-state index < -0.39 is 17.1 Å². The number of hydrogen-bond acceptors (Lipinski definition) is 5. The Morgan fingerprint density at radius 1 is 1.25 bits per heavy atom. The van der Waals surface area contributed by atoms with Gasteiger partial charge >= 0.3 is 0 Å². The number of carbonyl (C=O) groups is 1. The number of quaternary nitrogens is 1. The van der Waals surface area contributed by atoms with Crippen LogP contribution in [-0.2, 0) is 16.6 Å². The second-order valence-corrected chi connectivity index (χ2v) is 12.1. The molecular formula is C29H35N2O5+. The average molecular weight is 492 g/mol. The first kappa shape index (κ1) is 22.4. The summed E-state index contributed by atoms with van der Waals surface area (Å²) in [5.74, 6) is 1.31. The number of benzene rings is 1. The molecule has 1 spiro atoms. The molecule has 1 amide bonds. The predicted octanol–water partition coefficient (Wildman–Crippen LogP) is 3.23. The number of amides is 1. The van der Waals surface area contributed by atoms with Crippen molar-refractivity contribution in [2.24, 2.45) is 5.92 Å². The second-order valence-electron chi connectivity index (χ2n) is 12.1. The van der Waals surface area contributed by atoms with Gasteiger partial charge in [0.15, 0.2) is 11.5 Å². The molecule has 1 aromatic heterocycles. The molecule has 2 aromatic rings. The molecule has 0 radical (unpaired) electrons. The summed E-state index contributed by atoms with van der Waals surface area (Å²) < 4.78 is 12.6. The van der Waals surface area contributed by atoms with Crippen LogP contribution in [0.2, 0.25) is 0 Å². The number of aliphatic hydroxyl groups is 1. The van der Waals surface area contributed by atoms with Gasteiger partial charge < -0.3 is 28.8 Å². The predicted molar refractivity (Wildman–Crippen MR) is 133 cm³/mol. The zero-order valence-corrected chi connectivity index (χ0v) is 21.0. The number of hydrogen-bond donors (Lipinski definition) is 2. The molecule has 6 atom stereocenters. The first-order chi connectivity index (χ1) is 17.3. The molecule has 2 aliphatic heterocycles. The van der Waals surface area contributed by atoms with Gasteiger partial charge in [0.25, 0.3) is 0 Å². The fourth-order valence-electron chi connectivity index (χ4n) is 8.35. The quantitative estimate of drug-likeness (QED) is 0.496. The third-order valence-electron chi connectivity index (χ3n) is 10.3. The summed E-state index contributed by atoms with van der Waals surface area (Å²) in [5, 5.41) is 23.6. The first-order valence-corrected chi connectivity index (χ1v) is 13.3. The number of carbonyl (C=O) groups excluding carboxylic acids is 1. The standard InChI is InChI=1S/C29H34N2O5/c1-30(24(33)8-5-19-10-14-35-17-19)21-9-11-29(34)23-15-20-6-7-22(32)26-25(20)28(29,27(21)36-26)12-13-31(23,2)16-18-3-4-18/h5-8,10,14,17-18,21,23,27,34H,3-4,9,11-13,15-16H2,1-2H3/p+1/t21-,23-,27+,28+,29-,31?/m1/s1. The highest BCUT2D eigenvalue weighted by Gasteiger charge is 2.76. The van der Waals surface area contributed by atoms with E-state index in [9.17, 15) is 15.0 Å². The molecule has 2 saturated carbocycles. The number of rotatable bonds is 5. The maximum Gasteiger partial charge on any atom is 0.246 e. The van der Waals surface area contributed by atoms with E-state index in [1.165, 1.54) is 18.4 Å². The highest BCUT2D eigenvalue weighted by Crippen LogP contribution is 2.66. The minimum absolute atomic E-state index is 0.0869. The van der Waals surface area contributed by atoms with E-state index in [1.807, 2.05) is 19.2 Å². The lowest BCUT2D eigenvalue weighted by atomic mass is 9.47. The molecule has 5 aliphatic rings. The van der Waals surface area contributed by atoms with Crippen molar-refractivity contribution in [1.82, 2.24) is 4.90 Å². The maximum atomic E-state index is 13.2. The third-order valence-corrected chi connectivity index (χ3v) is 10.3. The number of nitrogens with zero attached hydrogens (tertiary/aromatic N) is 2. The maximum absolute atomic E-state index is 13.2. The van der Waals surface area contributed by atoms with Crippen molar-refractivity contribution in [2.75, 3.05) is 27.2 Å². The van der Waals surface area contributed by atoms with Gasteiger partial charge in [-0.05, 0) is 49.5 Å². The van der Waals surface area contributed by atoms with Crippen LogP contribution < -0.4 is 4.74 Å². The summed E-state index contributed by atoms with van der Waals surface area (Å²) in [6, 6.07) is 5.47. The molecule has 3 aliphatic carbocycles. The topological polar surface area (TPSA) is 83.1 Å². The number of aromatic hydroxyl groups is 1. The summed E-state index contributed by atoms with van der Waals surface area (Å²) in [4.78, 5) is 15.0. The van der Waals surface area contributed by atoms with Gasteiger partial charge in [0.2, 0.25) is 5.91 Å². The smallest absolute Gasteiger partial charge is 0.246 e. The minimum Gasteiger partial charge on any atom is -0.504 e. The van der Waals surface area contributed by atoms with Gasteiger partial charge in [0.05, 0.1) is 44.1 Å². The largest absolute Gasteiger partial charge is 0.504 e. The van der Waals surface area contributed by atoms with Crippen LogP contribution in [0.25, 0.3) is 6.08 Å². The summed E-state index contributed by atoms with van der Waals surface area (Å²) in [7, 11) is 4.17. The number of furan rings is 1. The Morgan fingerprint density at radius 2 is 2.08 bits per heavy atom.